The number of methoxy groups -OCH3 is 1. The summed E-state index contributed by atoms with van der Waals surface area (Å²) < 4.78 is 11.5. The van der Waals surface area contributed by atoms with Gasteiger partial charge in [-0.05, 0) is 36.4 Å². The number of fused-ring (bicyclic) bond motifs is 2. The summed E-state index contributed by atoms with van der Waals surface area (Å²) in [5.41, 5.74) is 5.71. The summed E-state index contributed by atoms with van der Waals surface area (Å²) in [4.78, 5) is 4.63. The molecular weight excluding hydrogens is 374 g/mol. The number of rotatable bonds is 4. The molecule has 0 saturated heterocycles. The maximum Gasteiger partial charge on any atom is 0.146 e. The molecule has 5 aromatic rings. The summed E-state index contributed by atoms with van der Waals surface area (Å²) in [6, 6.07) is 29.5. The lowest BCUT2D eigenvalue weighted by atomic mass is 10.1. The van der Waals surface area contributed by atoms with E-state index in [-0.39, 0.29) is 0 Å². The van der Waals surface area contributed by atoms with Gasteiger partial charge in [-0.25, -0.2) is 4.98 Å². The van der Waals surface area contributed by atoms with Crippen molar-refractivity contribution >= 4 is 27.7 Å². The van der Waals surface area contributed by atoms with Crippen LogP contribution < -0.4 is 15.5 Å². The van der Waals surface area contributed by atoms with Crippen molar-refractivity contribution in [1.82, 2.24) is 4.98 Å². The van der Waals surface area contributed by atoms with Crippen LogP contribution in [0.4, 0.5) is 5.82 Å². The van der Waals surface area contributed by atoms with Gasteiger partial charge in [0.05, 0.1) is 18.0 Å². The number of hydrogen-bond acceptors (Lipinski definition) is 5. The highest BCUT2D eigenvalue weighted by molar-refractivity contribution is 5.81. The molecule has 0 saturated carbocycles. The molecule has 0 aliphatic heterocycles. The van der Waals surface area contributed by atoms with E-state index in [9.17, 15) is 0 Å². The minimum atomic E-state index is 0.673. The van der Waals surface area contributed by atoms with Gasteiger partial charge in [0.1, 0.15) is 22.9 Å². The molecule has 0 aliphatic rings. The number of nitrogens with one attached hydrogen (secondary N) is 1. The van der Waals surface area contributed by atoms with Crippen molar-refractivity contribution < 1.29 is 9.15 Å². The van der Waals surface area contributed by atoms with E-state index >= 15 is 0 Å². The second kappa shape index (κ2) is 7.72. The Hall–Kier alpha value is -4.12. The van der Waals surface area contributed by atoms with Gasteiger partial charge in [-0.1, -0.05) is 48.5 Å². The van der Waals surface area contributed by atoms with Crippen LogP contribution in [0.25, 0.3) is 33.2 Å². The van der Waals surface area contributed by atoms with Crippen molar-refractivity contribution in [3.63, 3.8) is 0 Å². The van der Waals surface area contributed by atoms with E-state index in [1.165, 1.54) is 0 Å². The summed E-state index contributed by atoms with van der Waals surface area (Å²) in [6.45, 7) is 0. The summed E-state index contributed by atoms with van der Waals surface area (Å²) in [5.74, 6) is 2.15. The molecule has 5 nitrogen and oxygen atoms in total. The molecule has 2 aromatic heterocycles. The summed E-state index contributed by atoms with van der Waals surface area (Å²) in [7, 11) is 1.64. The predicted octanol–water partition coefficient (Wildman–Crippen LogP) is 5.58. The molecule has 0 bridgehead atoms. The van der Waals surface area contributed by atoms with Crippen LogP contribution in [0.3, 0.4) is 0 Å². The van der Waals surface area contributed by atoms with Crippen LogP contribution in [-0.2, 0) is 0 Å². The van der Waals surface area contributed by atoms with E-state index in [0.717, 1.165) is 44.3 Å². The van der Waals surface area contributed by atoms with Crippen LogP contribution in [-0.4, -0.2) is 12.1 Å². The van der Waals surface area contributed by atoms with Gasteiger partial charge in [-0.2, -0.15) is 5.10 Å². The molecular formula is C25H19N3O2. The second-order valence-electron chi connectivity index (χ2n) is 6.84. The Labute approximate surface area is 173 Å². The zero-order valence-electron chi connectivity index (χ0n) is 16.4. The first-order valence-corrected chi connectivity index (χ1v) is 9.63. The topological polar surface area (TPSA) is 59.7 Å². The van der Waals surface area contributed by atoms with Crippen LogP contribution >= 0.6 is 0 Å². The van der Waals surface area contributed by atoms with Gasteiger partial charge in [-0.15, -0.1) is 0 Å². The quantitative estimate of drug-likeness (QED) is 0.405. The van der Waals surface area contributed by atoms with Crippen LogP contribution in [0, 0.1) is 0 Å². The molecule has 0 aliphatic carbocycles. The van der Waals surface area contributed by atoms with Crippen LogP contribution in [0.2, 0.25) is 0 Å². The lowest BCUT2D eigenvalue weighted by molar-refractivity contribution is 0.415. The van der Waals surface area contributed by atoms with E-state index in [4.69, 9.17) is 9.15 Å². The number of aromatic nitrogens is 1. The summed E-state index contributed by atoms with van der Waals surface area (Å²) >= 11 is 0. The fraction of sp³-hybridized carbons (Fsp3) is 0.0400. The number of ether oxygens (including phenoxy) is 1. The maximum absolute atomic E-state index is 6.14. The molecule has 0 radical (unpaired) electrons. The number of hydrogen-bond donors (Lipinski definition) is 1. The zero-order chi connectivity index (χ0) is 20.3. The summed E-state index contributed by atoms with van der Waals surface area (Å²) in [5, 5.41) is 7.32. The predicted molar refractivity (Wildman–Crippen MR) is 119 cm³/mol. The van der Waals surface area contributed by atoms with Gasteiger partial charge >= 0.3 is 0 Å². The van der Waals surface area contributed by atoms with E-state index < -0.39 is 0 Å². The van der Waals surface area contributed by atoms with Gasteiger partial charge in [0.2, 0.25) is 0 Å². The van der Waals surface area contributed by atoms with Crippen molar-refractivity contribution in [2.24, 2.45) is 5.10 Å². The largest absolute Gasteiger partial charge is 0.497 e. The minimum Gasteiger partial charge on any atom is -0.497 e. The fourth-order valence-electron chi connectivity index (χ4n) is 3.36. The molecule has 0 unspecified atom stereocenters. The molecule has 0 spiro atoms. The number of nitrogens with zero attached hydrogens (tertiary/aromatic N) is 2. The molecule has 0 amide bonds. The lowest BCUT2D eigenvalue weighted by Crippen LogP contribution is -2.08. The average Bonchev–Trinajstić information content (AvgIpc) is 2.82. The van der Waals surface area contributed by atoms with E-state index in [2.05, 4.69) is 15.5 Å². The fourth-order valence-corrected chi connectivity index (χ4v) is 3.36. The Balaban J connectivity index is 1.64. The molecule has 5 rings (SSSR count). The van der Waals surface area contributed by atoms with Gasteiger partial charge in [-0.3, -0.25) is 5.43 Å². The first kappa shape index (κ1) is 17.9. The maximum atomic E-state index is 6.14. The minimum absolute atomic E-state index is 0.673. The van der Waals surface area contributed by atoms with Crippen molar-refractivity contribution in [2.45, 2.75) is 0 Å². The first-order valence-electron chi connectivity index (χ1n) is 9.63. The van der Waals surface area contributed by atoms with Crippen molar-refractivity contribution in [1.29, 1.82) is 0 Å². The van der Waals surface area contributed by atoms with E-state index in [0.29, 0.717) is 5.82 Å². The Morgan fingerprint density at radius 1 is 0.867 bits per heavy atom. The number of pyridine rings is 1. The average molecular weight is 393 g/mol. The second-order valence-corrected chi connectivity index (χ2v) is 6.84. The Bertz CT molecular complexity index is 1410. The highest BCUT2D eigenvalue weighted by atomic mass is 16.5. The van der Waals surface area contributed by atoms with Crippen molar-refractivity contribution in [3.05, 3.63) is 96.4 Å². The molecule has 0 atom stereocenters. The van der Waals surface area contributed by atoms with Crippen LogP contribution in [0.1, 0.15) is 0 Å². The number of para-hydroxylation sites is 1. The number of benzene rings is 3. The summed E-state index contributed by atoms with van der Waals surface area (Å²) in [6.07, 6.45) is 0. The molecule has 30 heavy (non-hydrogen) atoms. The van der Waals surface area contributed by atoms with Gasteiger partial charge in [0.15, 0.2) is 0 Å². The van der Waals surface area contributed by atoms with E-state index in [1.54, 1.807) is 7.11 Å². The standard InChI is InChI=1S/C25H19N3O2/c1-29-19-12-13-23-20(15-19)22(16-24(30-23)18-8-3-2-4-9-18)27-28-25-14-11-17-7-5-6-10-21(17)26-25/h2-16H,1H3,(H,26,28). The highest BCUT2D eigenvalue weighted by Gasteiger charge is 2.07. The van der Waals surface area contributed by atoms with Gasteiger partial charge in [0, 0.05) is 22.4 Å². The Morgan fingerprint density at radius 3 is 2.57 bits per heavy atom. The SMILES string of the molecule is COc1ccc2oc(-c3ccccc3)cc(=NNc3ccc4ccccc4n3)c2c1. The highest BCUT2D eigenvalue weighted by Crippen LogP contribution is 2.24. The molecule has 3 aromatic carbocycles. The number of anilines is 1. The smallest absolute Gasteiger partial charge is 0.146 e. The van der Waals surface area contributed by atoms with Crippen molar-refractivity contribution in [2.75, 3.05) is 12.5 Å². The molecule has 5 heteroatoms. The monoisotopic (exact) mass is 393 g/mol. The lowest BCUT2D eigenvalue weighted by Gasteiger charge is -2.07. The van der Waals surface area contributed by atoms with Crippen molar-refractivity contribution in [3.8, 4) is 17.1 Å². The first-order chi connectivity index (χ1) is 14.8. The normalized spacial score (nSPS) is 11.7. The Kier molecular flexibility index (Phi) is 4.62. The van der Waals surface area contributed by atoms with E-state index in [1.807, 2.05) is 91.0 Å². The third kappa shape index (κ3) is 3.49. The zero-order valence-corrected chi connectivity index (χ0v) is 16.4. The molecule has 0 fully saturated rings. The Morgan fingerprint density at radius 2 is 1.70 bits per heavy atom. The molecule has 2 heterocycles. The van der Waals surface area contributed by atoms with Crippen LogP contribution in [0.15, 0.2) is 101 Å². The van der Waals surface area contributed by atoms with Gasteiger partial charge in [0.25, 0.3) is 0 Å². The molecule has 1 N–H and O–H groups in total. The molecule has 146 valence electrons. The van der Waals surface area contributed by atoms with Crippen LogP contribution in [0.5, 0.6) is 5.75 Å². The third-order valence-corrected chi connectivity index (χ3v) is 4.90. The third-order valence-electron chi connectivity index (χ3n) is 4.90. The van der Waals surface area contributed by atoms with Gasteiger partial charge < -0.3 is 9.15 Å².